The quantitative estimate of drug-likeness (QED) is 0.857. The number of ether oxygens (including phenoxy) is 1. The van der Waals surface area contributed by atoms with Gasteiger partial charge < -0.3 is 14.5 Å². The molecule has 0 radical (unpaired) electrons. The van der Waals surface area contributed by atoms with Gasteiger partial charge in [-0.05, 0) is 23.8 Å². The molecule has 0 unspecified atom stereocenters. The highest BCUT2D eigenvalue weighted by atomic mass is 16.6. The number of hydrogen-bond donors (Lipinski definition) is 0. The van der Waals surface area contributed by atoms with Crippen LogP contribution in [0.15, 0.2) is 42.5 Å². The third kappa shape index (κ3) is 3.13. The molecule has 0 spiro atoms. The maximum atomic E-state index is 12.8. The Balaban J connectivity index is 1.73. The average Bonchev–Trinajstić information content (AvgIpc) is 2.61. The molecule has 0 aliphatic carbocycles. The summed E-state index contributed by atoms with van der Waals surface area (Å²) in [5.41, 5.74) is 0.715. The van der Waals surface area contributed by atoms with Crippen molar-refractivity contribution in [2.24, 2.45) is 0 Å². The minimum Gasteiger partial charge on any atom is -0.450 e. The van der Waals surface area contributed by atoms with Gasteiger partial charge in [-0.1, -0.05) is 36.4 Å². The van der Waals surface area contributed by atoms with E-state index in [1.807, 2.05) is 42.5 Å². The lowest BCUT2D eigenvalue weighted by Gasteiger charge is -2.34. The van der Waals surface area contributed by atoms with E-state index in [9.17, 15) is 9.59 Å². The summed E-state index contributed by atoms with van der Waals surface area (Å²) in [5.74, 6) is 0.0188. The topological polar surface area (TPSA) is 49.9 Å². The van der Waals surface area contributed by atoms with E-state index in [0.717, 1.165) is 10.8 Å². The van der Waals surface area contributed by atoms with E-state index in [-0.39, 0.29) is 12.0 Å². The molecule has 1 saturated heterocycles. The lowest BCUT2D eigenvalue weighted by Crippen LogP contribution is -2.50. The number of carbonyl (C=O) groups is 2. The summed E-state index contributed by atoms with van der Waals surface area (Å²) < 4.78 is 5.00. The van der Waals surface area contributed by atoms with Gasteiger partial charge in [0.2, 0.25) is 0 Å². The van der Waals surface area contributed by atoms with Gasteiger partial charge in [0, 0.05) is 31.7 Å². The fourth-order valence-electron chi connectivity index (χ4n) is 2.89. The highest BCUT2D eigenvalue weighted by Gasteiger charge is 2.26. The third-order valence-corrected chi connectivity index (χ3v) is 4.11. The SMILES string of the molecule is CCOC(=O)N1CCN(C(=O)c2cccc3ccccc23)CC1. The van der Waals surface area contributed by atoms with Crippen LogP contribution in [0.25, 0.3) is 10.8 Å². The number of nitrogens with zero attached hydrogens (tertiary/aromatic N) is 2. The number of hydrogen-bond acceptors (Lipinski definition) is 3. The van der Waals surface area contributed by atoms with E-state index in [4.69, 9.17) is 4.74 Å². The van der Waals surface area contributed by atoms with E-state index < -0.39 is 0 Å². The fourth-order valence-corrected chi connectivity index (χ4v) is 2.89. The number of fused-ring (bicyclic) bond motifs is 1. The first kappa shape index (κ1) is 15.3. The van der Waals surface area contributed by atoms with Gasteiger partial charge in [-0.3, -0.25) is 4.79 Å². The Labute approximate surface area is 135 Å². The predicted octanol–water partition coefficient (Wildman–Crippen LogP) is 2.75. The normalized spacial score (nSPS) is 14.8. The van der Waals surface area contributed by atoms with Gasteiger partial charge in [-0.25, -0.2) is 4.79 Å². The van der Waals surface area contributed by atoms with Crippen LogP contribution in [0.5, 0.6) is 0 Å². The molecule has 0 saturated carbocycles. The molecule has 0 aromatic heterocycles. The Kier molecular flexibility index (Phi) is 4.46. The minimum atomic E-state index is -0.301. The summed E-state index contributed by atoms with van der Waals surface area (Å²) >= 11 is 0. The maximum absolute atomic E-state index is 12.8. The zero-order chi connectivity index (χ0) is 16.2. The van der Waals surface area contributed by atoms with E-state index in [1.54, 1.807) is 16.7 Å². The molecule has 3 rings (SSSR count). The summed E-state index contributed by atoms with van der Waals surface area (Å²) in [6, 6.07) is 13.7. The summed E-state index contributed by atoms with van der Waals surface area (Å²) in [6.45, 7) is 4.23. The molecule has 120 valence electrons. The molecule has 1 aliphatic heterocycles. The van der Waals surface area contributed by atoms with Crippen LogP contribution in [0, 0.1) is 0 Å². The molecule has 1 aliphatic rings. The molecule has 23 heavy (non-hydrogen) atoms. The second-order valence-corrected chi connectivity index (χ2v) is 5.50. The zero-order valence-corrected chi connectivity index (χ0v) is 13.2. The van der Waals surface area contributed by atoms with Gasteiger partial charge in [-0.15, -0.1) is 0 Å². The van der Waals surface area contributed by atoms with Crippen LogP contribution in [0.2, 0.25) is 0 Å². The van der Waals surface area contributed by atoms with E-state index in [1.165, 1.54) is 0 Å². The predicted molar refractivity (Wildman–Crippen MR) is 88.4 cm³/mol. The van der Waals surface area contributed by atoms with Crippen molar-refractivity contribution < 1.29 is 14.3 Å². The Morgan fingerprint density at radius 3 is 2.35 bits per heavy atom. The van der Waals surface area contributed by atoms with Crippen LogP contribution in [-0.4, -0.2) is 54.6 Å². The van der Waals surface area contributed by atoms with Crippen molar-refractivity contribution in [1.82, 2.24) is 9.80 Å². The molecule has 2 aromatic carbocycles. The smallest absolute Gasteiger partial charge is 0.409 e. The molecular formula is C18H20N2O3. The van der Waals surface area contributed by atoms with Crippen LogP contribution in [0.1, 0.15) is 17.3 Å². The summed E-state index contributed by atoms with van der Waals surface area (Å²) in [6.07, 6.45) is -0.301. The number of amides is 2. The molecule has 5 nitrogen and oxygen atoms in total. The highest BCUT2D eigenvalue weighted by molar-refractivity contribution is 6.07. The molecule has 1 fully saturated rings. The summed E-state index contributed by atoms with van der Waals surface area (Å²) in [5, 5.41) is 2.02. The van der Waals surface area contributed by atoms with Crippen molar-refractivity contribution in [3.05, 3.63) is 48.0 Å². The molecule has 1 heterocycles. The molecule has 0 bridgehead atoms. The van der Waals surface area contributed by atoms with Gasteiger partial charge >= 0.3 is 6.09 Å². The Morgan fingerprint density at radius 1 is 0.957 bits per heavy atom. The van der Waals surface area contributed by atoms with Crippen molar-refractivity contribution >= 4 is 22.8 Å². The number of piperazine rings is 1. The van der Waals surface area contributed by atoms with Crippen molar-refractivity contribution in [3.8, 4) is 0 Å². The molecule has 0 N–H and O–H groups in total. The number of benzene rings is 2. The van der Waals surface area contributed by atoms with E-state index in [0.29, 0.717) is 38.3 Å². The van der Waals surface area contributed by atoms with Gasteiger partial charge in [0.25, 0.3) is 5.91 Å². The molecule has 2 amide bonds. The minimum absolute atomic E-state index is 0.0188. The first-order valence-electron chi connectivity index (χ1n) is 7.89. The highest BCUT2D eigenvalue weighted by Crippen LogP contribution is 2.20. The van der Waals surface area contributed by atoms with Crippen LogP contribution < -0.4 is 0 Å². The molecule has 2 aromatic rings. The second kappa shape index (κ2) is 6.69. The van der Waals surface area contributed by atoms with Crippen molar-refractivity contribution in [3.63, 3.8) is 0 Å². The standard InChI is InChI=1S/C18H20N2O3/c1-2-23-18(22)20-12-10-19(11-13-20)17(21)16-9-5-7-14-6-3-4-8-15(14)16/h3-9H,2,10-13H2,1H3. The van der Waals surface area contributed by atoms with Crippen LogP contribution in [0.4, 0.5) is 4.79 Å². The largest absolute Gasteiger partial charge is 0.450 e. The molecule has 5 heteroatoms. The lowest BCUT2D eigenvalue weighted by atomic mass is 10.0. The van der Waals surface area contributed by atoms with Crippen LogP contribution in [-0.2, 0) is 4.74 Å². The van der Waals surface area contributed by atoms with Gasteiger partial charge in [-0.2, -0.15) is 0 Å². The van der Waals surface area contributed by atoms with E-state index in [2.05, 4.69) is 0 Å². The monoisotopic (exact) mass is 312 g/mol. The van der Waals surface area contributed by atoms with Crippen molar-refractivity contribution in [2.45, 2.75) is 6.92 Å². The Morgan fingerprint density at radius 2 is 1.61 bits per heavy atom. The number of rotatable bonds is 2. The summed E-state index contributed by atoms with van der Waals surface area (Å²) in [4.78, 5) is 28.0. The first-order valence-corrected chi connectivity index (χ1v) is 7.89. The molecule has 0 atom stereocenters. The van der Waals surface area contributed by atoms with Crippen LogP contribution >= 0.6 is 0 Å². The zero-order valence-electron chi connectivity index (χ0n) is 13.2. The lowest BCUT2D eigenvalue weighted by molar-refractivity contribution is 0.0572. The van der Waals surface area contributed by atoms with Gasteiger partial charge in [0.1, 0.15) is 0 Å². The van der Waals surface area contributed by atoms with Crippen LogP contribution in [0.3, 0.4) is 0 Å². The van der Waals surface area contributed by atoms with E-state index >= 15 is 0 Å². The van der Waals surface area contributed by atoms with Crippen molar-refractivity contribution in [2.75, 3.05) is 32.8 Å². The summed E-state index contributed by atoms with van der Waals surface area (Å²) in [7, 11) is 0. The second-order valence-electron chi connectivity index (χ2n) is 5.50. The maximum Gasteiger partial charge on any atom is 0.409 e. The Hall–Kier alpha value is -2.56. The fraction of sp³-hybridized carbons (Fsp3) is 0.333. The first-order chi connectivity index (χ1) is 11.2. The van der Waals surface area contributed by atoms with Gasteiger partial charge in [0.15, 0.2) is 0 Å². The van der Waals surface area contributed by atoms with Gasteiger partial charge in [0.05, 0.1) is 6.61 Å². The Bertz CT molecular complexity index is 716. The molecular weight excluding hydrogens is 292 g/mol. The van der Waals surface area contributed by atoms with Crippen molar-refractivity contribution in [1.29, 1.82) is 0 Å². The number of carbonyl (C=O) groups excluding carboxylic acids is 2. The third-order valence-electron chi connectivity index (χ3n) is 4.11. The average molecular weight is 312 g/mol.